The van der Waals surface area contributed by atoms with Crippen molar-refractivity contribution in [3.63, 3.8) is 0 Å². The maximum Gasteiger partial charge on any atom is 0.331 e. The number of aliphatic hydroxyl groups is 1. The topological polar surface area (TPSA) is 209 Å². The summed E-state index contributed by atoms with van der Waals surface area (Å²) in [4.78, 5) is 41.5. The molecule has 54 heavy (non-hydrogen) atoms. The van der Waals surface area contributed by atoms with E-state index in [2.05, 4.69) is 61.5 Å². The standard InChI is InChI=1S/C36H53N7O10Si/c1-17(2)54(18(3)4,19(5)6)47-14-22-26-28(52-35(7,8)50-26)33(48-22)43-20(13-23(45)41-34(43)46)11-12-21(44)25-27-29(53-36(9,10)51-27)32(49-25)42-16-40-24-30(37)38-15-39-31(24)42/h11-13,15-19,21-22,25-29,32-33,44H,14H2,1-10H3,(H2,37,38,39)(H,41,45,46)/b12-11-/t21-,22-,25-,26-,27-,28-,29-,32-,33-/m1/s1. The number of imidazole rings is 1. The van der Waals surface area contributed by atoms with E-state index >= 15 is 0 Å². The second-order valence-corrected chi connectivity index (χ2v) is 21.9. The maximum atomic E-state index is 13.6. The molecule has 9 atom stereocenters. The Kier molecular flexibility index (Phi) is 10.1. The number of hydrogen-bond donors (Lipinski definition) is 3. The van der Waals surface area contributed by atoms with Gasteiger partial charge < -0.3 is 43.7 Å². The SMILES string of the molecule is CC(C)[Si](OC[C@H]1O[C@@H](n2c(/C=C\[C@@H](O)[C@H]3O[C@@H](n4cnc5c(N)ncnc54)[C@@H]4OC(C)(C)O[C@@H]43)cc(=O)[nH]c2=O)[C@@H]2OC(C)(C)O[C@@H]21)(C(C)C)C(C)C. The van der Waals surface area contributed by atoms with Gasteiger partial charge in [0.25, 0.3) is 5.56 Å². The van der Waals surface area contributed by atoms with E-state index in [4.69, 9.17) is 38.6 Å². The highest BCUT2D eigenvalue weighted by Crippen LogP contribution is 2.47. The number of aliphatic hydroxyl groups excluding tert-OH is 1. The van der Waals surface area contributed by atoms with Crippen LogP contribution in [-0.4, -0.2) is 103 Å². The highest BCUT2D eigenvalue weighted by Gasteiger charge is 2.59. The Balaban J connectivity index is 1.18. The number of nitrogens with zero attached hydrogens (tertiary/aromatic N) is 5. The van der Waals surface area contributed by atoms with Gasteiger partial charge in [0, 0.05) is 6.07 Å². The highest BCUT2D eigenvalue weighted by molar-refractivity contribution is 6.77. The number of nitrogens with two attached hydrogens (primary N) is 1. The predicted molar refractivity (Wildman–Crippen MR) is 199 cm³/mol. The molecule has 296 valence electrons. The molecule has 4 saturated heterocycles. The lowest BCUT2D eigenvalue weighted by Crippen LogP contribution is -2.50. The van der Waals surface area contributed by atoms with Gasteiger partial charge in [-0.3, -0.25) is 18.9 Å². The van der Waals surface area contributed by atoms with E-state index in [1.54, 1.807) is 18.4 Å². The fourth-order valence-electron chi connectivity index (χ4n) is 9.11. The van der Waals surface area contributed by atoms with Crippen molar-refractivity contribution < 1.29 is 38.0 Å². The Labute approximate surface area is 314 Å². The third-order valence-corrected chi connectivity index (χ3v) is 17.2. The summed E-state index contributed by atoms with van der Waals surface area (Å²) in [7, 11) is -2.28. The number of nitrogens with one attached hydrogen (secondary N) is 1. The molecule has 0 bridgehead atoms. The zero-order chi connectivity index (χ0) is 39.1. The van der Waals surface area contributed by atoms with Crippen molar-refractivity contribution in [2.24, 2.45) is 0 Å². The minimum Gasteiger partial charge on any atom is -0.413 e. The first-order valence-corrected chi connectivity index (χ1v) is 20.8. The van der Waals surface area contributed by atoms with E-state index in [1.807, 2.05) is 13.8 Å². The van der Waals surface area contributed by atoms with Crippen molar-refractivity contribution in [3.05, 3.63) is 51.3 Å². The Bertz CT molecular complexity index is 1990. The third-order valence-electron chi connectivity index (χ3n) is 11.1. The number of H-pyrrole nitrogens is 1. The van der Waals surface area contributed by atoms with Crippen LogP contribution < -0.4 is 17.0 Å². The van der Waals surface area contributed by atoms with Crippen LogP contribution in [0.25, 0.3) is 17.2 Å². The van der Waals surface area contributed by atoms with Crippen LogP contribution in [0.3, 0.4) is 0 Å². The molecule has 3 aromatic heterocycles. The Morgan fingerprint density at radius 1 is 0.907 bits per heavy atom. The van der Waals surface area contributed by atoms with Gasteiger partial charge in [0.2, 0.25) is 0 Å². The molecule has 4 N–H and O–H groups in total. The van der Waals surface area contributed by atoms with Crippen LogP contribution in [-0.2, 0) is 32.8 Å². The molecule has 0 amide bonds. The van der Waals surface area contributed by atoms with E-state index in [1.165, 1.54) is 35.4 Å². The van der Waals surface area contributed by atoms with Crippen LogP contribution in [0.2, 0.25) is 16.6 Å². The molecule has 4 fully saturated rings. The molecule has 0 aromatic carbocycles. The van der Waals surface area contributed by atoms with E-state index in [0.29, 0.717) is 27.8 Å². The molecule has 4 aliphatic rings. The number of ether oxygens (including phenoxy) is 6. The van der Waals surface area contributed by atoms with Gasteiger partial charge >= 0.3 is 5.69 Å². The number of fused-ring (bicyclic) bond motifs is 3. The van der Waals surface area contributed by atoms with Crippen molar-refractivity contribution >= 4 is 31.4 Å². The molecule has 0 aliphatic carbocycles. The van der Waals surface area contributed by atoms with E-state index in [-0.39, 0.29) is 18.1 Å². The first kappa shape index (κ1) is 38.9. The van der Waals surface area contributed by atoms with Crippen LogP contribution in [0.15, 0.2) is 34.4 Å². The molecule has 17 nitrogen and oxygen atoms in total. The van der Waals surface area contributed by atoms with Gasteiger partial charge in [-0.05, 0) is 50.4 Å². The largest absolute Gasteiger partial charge is 0.413 e. The van der Waals surface area contributed by atoms with E-state index in [0.717, 1.165) is 0 Å². The molecule has 0 saturated carbocycles. The number of rotatable bonds is 11. The fraction of sp³-hybridized carbons (Fsp3) is 0.694. The molecule has 0 radical (unpaired) electrons. The lowest BCUT2D eigenvalue weighted by atomic mass is 10.0. The third kappa shape index (κ3) is 6.68. The second-order valence-electron chi connectivity index (χ2n) is 16.5. The van der Waals surface area contributed by atoms with Crippen molar-refractivity contribution in [2.45, 2.75) is 153 Å². The first-order valence-electron chi connectivity index (χ1n) is 18.6. The number of aromatic nitrogens is 6. The summed E-state index contributed by atoms with van der Waals surface area (Å²) in [5.41, 5.74) is 6.77. The molecular weight excluding hydrogens is 719 g/mol. The fourth-order valence-corrected chi connectivity index (χ4v) is 14.6. The van der Waals surface area contributed by atoms with E-state index < -0.39 is 86.3 Å². The van der Waals surface area contributed by atoms with Crippen molar-refractivity contribution in [1.29, 1.82) is 0 Å². The summed E-state index contributed by atoms with van der Waals surface area (Å²) in [5.74, 6) is -1.73. The predicted octanol–water partition coefficient (Wildman–Crippen LogP) is 3.36. The molecular formula is C36H53N7O10Si. The zero-order valence-electron chi connectivity index (χ0n) is 32.5. The van der Waals surface area contributed by atoms with Gasteiger partial charge in [-0.25, -0.2) is 19.7 Å². The zero-order valence-corrected chi connectivity index (χ0v) is 33.5. The first-order chi connectivity index (χ1) is 25.3. The van der Waals surface area contributed by atoms with Gasteiger partial charge in [0.15, 0.2) is 43.8 Å². The van der Waals surface area contributed by atoms with Crippen LogP contribution in [0.1, 0.15) is 87.4 Å². The molecule has 4 aliphatic heterocycles. The van der Waals surface area contributed by atoms with Gasteiger partial charge in [-0.1, -0.05) is 47.6 Å². The van der Waals surface area contributed by atoms with Crippen molar-refractivity contribution in [1.82, 2.24) is 29.1 Å². The smallest absolute Gasteiger partial charge is 0.331 e. The molecule has 7 heterocycles. The van der Waals surface area contributed by atoms with Crippen LogP contribution in [0.5, 0.6) is 0 Å². The Hall–Kier alpha value is -3.33. The monoisotopic (exact) mass is 771 g/mol. The second kappa shape index (κ2) is 14.0. The van der Waals surface area contributed by atoms with E-state index in [9.17, 15) is 14.7 Å². The number of hydrogen-bond acceptors (Lipinski definition) is 14. The minimum atomic E-state index is -2.28. The lowest BCUT2D eigenvalue weighted by Gasteiger charge is -2.43. The molecule has 18 heteroatoms. The van der Waals surface area contributed by atoms with Crippen molar-refractivity contribution in [2.75, 3.05) is 12.3 Å². The quantitative estimate of drug-likeness (QED) is 0.239. The van der Waals surface area contributed by atoms with Crippen molar-refractivity contribution in [3.8, 4) is 0 Å². The molecule has 3 aromatic rings. The number of nitrogen functional groups attached to an aromatic ring is 1. The molecule has 0 spiro atoms. The highest BCUT2D eigenvalue weighted by atomic mass is 28.4. The number of anilines is 1. The summed E-state index contributed by atoms with van der Waals surface area (Å²) >= 11 is 0. The van der Waals surface area contributed by atoms with Crippen LogP contribution in [0.4, 0.5) is 5.82 Å². The summed E-state index contributed by atoms with van der Waals surface area (Å²) in [6.07, 6.45) is -1.30. The summed E-state index contributed by atoms with van der Waals surface area (Å²) in [5, 5.41) is 11.7. The van der Waals surface area contributed by atoms with Gasteiger partial charge in [-0.15, -0.1) is 0 Å². The normalized spacial score (nSPS) is 31.1. The summed E-state index contributed by atoms with van der Waals surface area (Å²) < 4.78 is 48.1. The Morgan fingerprint density at radius 2 is 1.52 bits per heavy atom. The molecule has 7 rings (SSSR count). The Morgan fingerprint density at radius 3 is 2.17 bits per heavy atom. The lowest BCUT2D eigenvalue weighted by molar-refractivity contribution is -0.204. The summed E-state index contributed by atoms with van der Waals surface area (Å²) in [6.45, 7) is 20.7. The van der Waals surface area contributed by atoms with Crippen LogP contribution >= 0.6 is 0 Å². The van der Waals surface area contributed by atoms with Crippen LogP contribution in [0, 0.1) is 0 Å². The maximum absolute atomic E-state index is 13.6. The minimum absolute atomic E-state index is 0.180. The van der Waals surface area contributed by atoms with Gasteiger partial charge in [0.1, 0.15) is 54.6 Å². The summed E-state index contributed by atoms with van der Waals surface area (Å²) in [6, 6.07) is 1.27. The number of aromatic amines is 1. The average Bonchev–Trinajstić information content (AvgIpc) is 3.85. The molecule has 0 unspecified atom stereocenters. The van der Waals surface area contributed by atoms with Gasteiger partial charge in [-0.2, -0.15) is 0 Å². The van der Waals surface area contributed by atoms with Gasteiger partial charge in [0.05, 0.1) is 18.6 Å². The average molecular weight is 772 g/mol.